The molecule has 3 aliphatic heterocycles. The third kappa shape index (κ3) is 4.88. The Kier molecular flexibility index (Phi) is 7.44. The zero-order valence-electron chi connectivity index (χ0n) is 18.1. The minimum Gasteiger partial charge on any atom is -0.373 e. The van der Waals surface area contributed by atoms with Crippen molar-refractivity contribution < 1.29 is 4.74 Å². The van der Waals surface area contributed by atoms with E-state index in [4.69, 9.17) is 9.73 Å². The Morgan fingerprint density at radius 3 is 2.90 bits per heavy atom. The third-order valence-electron chi connectivity index (χ3n) is 6.34. The maximum atomic E-state index is 6.15. The Bertz CT molecular complexity index is 887. The molecule has 2 atom stereocenters. The lowest BCUT2D eigenvalue weighted by Crippen LogP contribution is -2.50. The van der Waals surface area contributed by atoms with Gasteiger partial charge >= 0.3 is 0 Å². The van der Waals surface area contributed by atoms with Crippen molar-refractivity contribution in [2.75, 3.05) is 32.8 Å². The van der Waals surface area contributed by atoms with E-state index in [1.54, 1.807) is 0 Å². The maximum absolute atomic E-state index is 6.15. The molecule has 0 saturated carbocycles. The summed E-state index contributed by atoms with van der Waals surface area (Å²) < 4.78 is 8.37. The highest BCUT2D eigenvalue weighted by Crippen LogP contribution is 2.25. The predicted octanol–water partition coefficient (Wildman–Crippen LogP) is 1.89. The SMILES string of the molecule is CCNC(=NCc1nnc2n1CCC2)N1CC2OCCN(Cc3ccccc3)C2C1.I. The van der Waals surface area contributed by atoms with E-state index in [2.05, 4.69) is 67.1 Å². The number of aromatic nitrogens is 3. The van der Waals surface area contributed by atoms with Crippen LogP contribution in [0.5, 0.6) is 0 Å². The lowest BCUT2D eigenvalue weighted by atomic mass is 10.1. The minimum atomic E-state index is 0. The Morgan fingerprint density at radius 2 is 2.06 bits per heavy atom. The summed E-state index contributed by atoms with van der Waals surface area (Å²) in [5, 5.41) is 12.1. The molecule has 0 spiro atoms. The Balaban J connectivity index is 0.00000231. The van der Waals surface area contributed by atoms with Crippen molar-refractivity contribution >= 4 is 29.9 Å². The van der Waals surface area contributed by atoms with Crippen molar-refractivity contribution in [3.8, 4) is 0 Å². The van der Waals surface area contributed by atoms with Crippen LogP contribution in [-0.4, -0.2) is 75.5 Å². The normalized spacial score (nSPS) is 23.4. The first-order chi connectivity index (χ1) is 14.8. The summed E-state index contributed by atoms with van der Waals surface area (Å²) >= 11 is 0. The predicted molar refractivity (Wildman–Crippen MR) is 131 cm³/mol. The number of fused-ring (bicyclic) bond motifs is 2. The topological polar surface area (TPSA) is 70.8 Å². The van der Waals surface area contributed by atoms with E-state index < -0.39 is 0 Å². The summed E-state index contributed by atoms with van der Waals surface area (Å²) in [4.78, 5) is 9.83. The van der Waals surface area contributed by atoms with Gasteiger partial charge in [-0.2, -0.15) is 0 Å². The molecule has 2 aromatic rings. The van der Waals surface area contributed by atoms with E-state index in [1.807, 2.05) is 0 Å². The molecule has 1 aromatic carbocycles. The molecule has 0 amide bonds. The molecule has 9 heteroatoms. The first-order valence-electron chi connectivity index (χ1n) is 11.2. The van der Waals surface area contributed by atoms with E-state index >= 15 is 0 Å². The van der Waals surface area contributed by atoms with Crippen LogP contribution in [-0.2, 0) is 30.8 Å². The van der Waals surface area contributed by atoms with Gasteiger partial charge in [0.15, 0.2) is 11.8 Å². The molecule has 0 radical (unpaired) electrons. The number of guanidine groups is 1. The number of nitrogens with zero attached hydrogens (tertiary/aromatic N) is 6. The number of aryl methyl sites for hydroxylation is 1. The van der Waals surface area contributed by atoms with Crippen molar-refractivity contribution in [1.29, 1.82) is 0 Å². The summed E-state index contributed by atoms with van der Waals surface area (Å²) in [5.41, 5.74) is 1.36. The van der Waals surface area contributed by atoms with Gasteiger partial charge in [0.05, 0.1) is 18.8 Å². The van der Waals surface area contributed by atoms with Gasteiger partial charge in [-0.3, -0.25) is 4.90 Å². The van der Waals surface area contributed by atoms with Crippen LogP contribution >= 0.6 is 24.0 Å². The molecule has 8 nitrogen and oxygen atoms in total. The van der Waals surface area contributed by atoms with Crippen LogP contribution in [0, 0.1) is 0 Å². The van der Waals surface area contributed by atoms with Crippen LogP contribution in [0.2, 0.25) is 0 Å². The summed E-state index contributed by atoms with van der Waals surface area (Å²) in [6.07, 6.45) is 2.41. The molecule has 2 saturated heterocycles. The molecular formula is C22H32IN7O. The monoisotopic (exact) mass is 537 g/mol. The Hall–Kier alpha value is -1.72. The smallest absolute Gasteiger partial charge is 0.194 e. The molecule has 1 aromatic heterocycles. The fraction of sp³-hybridized carbons (Fsp3) is 0.591. The zero-order chi connectivity index (χ0) is 20.3. The highest BCUT2D eigenvalue weighted by atomic mass is 127. The van der Waals surface area contributed by atoms with Gasteiger partial charge in [0, 0.05) is 45.7 Å². The number of rotatable bonds is 5. The van der Waals surface area contributed by atoms with Crippen molar-refractivity contribution in [1.82, 2.24) is 29.9 Å². The largest absolute Gasteiger partial charge is 0.373 e. The average Bonchev–Trinajstić information content (AvgIpc) is 3.48. The van der Waals surface area contributed by atoms with E-state index in [0.717, 1.165) is 76.3 Å². The molecule has 3 aliphatic rings. The van der Waals surface area contributed by atoms with Gasteiger partial charge in [-0.15, -0.1) is 34.2 Å². The van der Waals surface area contributed by atoms with Crippen molar-refractivity contribution in [2.24, 2.45) is 4.99 Å². The number of hydrogen-bond donors (Lipinski definition) is 1. The van der Waals surface area contributed by atoms with Crippen molar-refractivity contribution in [3.05, 3.63) is 47.5 Å². The van der Waals surface area contributed by atoms with Crippen LogP contribution < -0.4 is 5.32 Å². The van der Waals surface area contributed by atoms with Gasteiger partial charge in [-0.1, -0.05) is 30.3 Å². The van der Waals surface area contributed by atoms with Crippen molar-refractivity contribution in [2.45, 2.75) is 51.5 Å². The van der Waals surface area contributed by atoms with Gasteiger partial charge in [-0.25, -0.2) is 4.99 Å². The lowest BCUT2D eigenvalue weighted by molar-refractivity contribution is -0.0502. The number of halogens is 1. The summed E-state index contributed by atoms with van der Waals surface area (Å²) in [6, 6.07) is 11.1. The average molecular weight is 537 g/mol. The molecule has 1 N–H and O–H groups in total. The van der Waals surface area contributed by atoms with E-state index in [0.29, 0.717) is 12.6 Å². The molecule has 5 rings (SSSR count). The molecular weight excluding hydrogens is 505 g/mol. The first kappa shape index (κ1) is 22.5. The van der Waals surface area contributed by atoms with Gasteiger partial charge in [0.2, 0.25) is 0 Å². The third-order valence-corrected chi connectivity index (χ3v) is 6.34. The van der Waals surface area contributed by atoms with Gasteiger partial charge in [0.1, 0.15) is 12.4 Å². The quantitative estimate of drug-likeness (QED) is 0.357. The number of aliphatic imine (C=N–C) groups is 1. The number of nitrogens with one attached hydrogen (secondary N) is 1. The fourth-order valence-electron chi connectivity index (χ4n) is 4.84. The number of hydrogen-bond acceptors (Lipinski definition) is 5. The second-order valence-corrected chi connectivity index (χ2v) is 8.30. The standard InChI is InChI=1S/C22H31N7O.HI/c1-2-23-22(24-13-21-26-25-20-9-6-10-29(20)21)28-15-18-19(16-28)30-12-11-27(18)14-17-7-4-3-5-8-17;/h3-5,7-8,18-19H,2,6,9-16H2,1H3,(H,23,24);1H. The van der Waals surface area contributed by atoms with E-state index in [1.165, 1.54) is 5.56 Å². The molecule has 4 heterocycles. The highest BCUT2D eigenvalue weighted by molar-refractivity contribution is 14.0. The molecule has 2 unspecified atom stereocenters. The first-order valence-corrected chi connectivity index (χ1v) is 11.2. The Labute approximate surface area is 201 Å². The van der Waals surface area contributed by atoms with E-state index in [9.17, 15) is 0 Å². The van der Waals surface area contributed by atoms with Crippen LogP contribution in [0.15, 0.2) is 35.3 Å². The van der Waals surface area contributed by atoms with Crippen LogP contribution in [0.4, 0.5) is 0 Å². The second-order valence-electron chi connectivity index (χ2n) is 8.30. The summed E-state index contributed by atoms with van der Waals surface area (Å²) in [5.74, 6) is 3.02. The molecule has 0 aliphatic carbocycles. The molecule has 2 fully saturated rings. The number of morpholine rings is 1. The summed E-state index contributed by atoms with van der Waals surface area (Å²) in [6.45, 7) is 9.09. The zero-order valence-corrected chi connectivity index (χ0v) is 20.4. The highest BCUT2D eigenvalue weighted by Gasteiger charge is 2.41. The van der Waals surface area contributed by atoms with Crippen LogP contribution in [0.3, 0.4) is 0 Å². The number of ether oxygens (including phenoxy) is 1. The van der Waals surface area contributed by atoms with Gasteiger partial charge in [-0.05, 0) is 18.9 Å². The van der Waals surface area contributed by atoms with E-state index in [-0.39, 0.29) is 30.1 Å². The Morgan fingerprint density at radius 1 is 1.19 bits per heavy atom. The molecule has 31 heavy (non-hydrogen) atoms. The van der Waals surface area contributed by atoms with Gasteiger partial charge in [0.25, 0.3) is 0 Å². The fourth-order valence-corrected chi connectivity index (χ4v) is 4.84. The number of likely N-dealkylation sites (tertiary alicyclic amines) is 1. The molecule has 168 valence electrons. The van der Waals surface area contributed by atoms with Crippen LogP contribution in [0.25, 0.3) is 0 Å². The number of benzene rings is 1. The van der Waals surface area contributed by atoms with Crippen LogP contribution in [0.1, 0.15) is 30.6 Å². The minimum absolute atomic E-state index is 0. The summed E-state index contributed by atoms with van der Waals surface area (Å²) in [7, 11) is 0. The second kappa shape index (κ2) is 10.3. The lowest BCUT2D eigenvalue weighted by Gasteiger charge is -2.36. The van der Waals surface area contributed by atoms with Crippen molar-refractivity contribution in [3.63, 3.8) is 0 Å². The van der Waals surface area contributed by atoms with Gasteiger partial charge < -0.3 is 19.5 Å². The molecule has 0 bridgehead atoms. The maximum Gasteiger partial charge on any atom is 0.194 e.